The molecule has 2 N–H and O–H groups in total. The summed E-state index contributed by atoms with van der Waals surface area (Å²) in [7, 11) is 0. The van der Waals surface area contributed by atoms with Gasteiger partial charge in [-0.25, -0.2) is 4.98 Å². The van der Waals surface area contributed by atoms with Gasteiger partial charge in [0.1, 0.15) is 0 Å². The van der Waals surface area contributed by atoms with E-state index >= 15 is 0 Å². The Hall–Kier alpha value is -0.450. The van der Waals surface area contributed by atoms with E-state index in [9.17, 15) is 5.11 Å². The number of hydrogen-bond donors (Lipinski definition) is 2. The van der Waals surface area contributed by atoms with Gasteiger partial charge in [-0.3, -0.25) is 0 Å². The van der Waals surface area contributed by atoms with Crippen LogP contribution in [0.25, 0.3) is 0 Å². The van der Waals surface area contributed by atoms with Crippen molar-refractivity contribution in [2.24, 2.45) is 5.92 Å². The van der Waals surface area contributed by atoms with Crippen molar-refractivity contribution >= 4 is 11.3 Å². The Labute approximate surface area is 132 Å². The van der Waals surface area contributed by atoms with E-state index in [1.165, 1.54) is 60.5 Å². The summed E-state index contributed by atoms with van der Waals surface area (Å²) in [5.41, 5.74) is 1.34. The zero-order valence-electron chi connectivity index (χ0n) is 13.1. The molecule has 3 unspecified atom stereocenters. The maximum atomic E-state index is 10.0. The molecule has 0 amide bonds. The molecule has 1 aromatic heterocycles. The number of aromatic nitrogens is 1. The van der Waals surface area contributed by atoms with Gasteiger partial charge in [-0.1, -0.05) is 12.8 Å². The fourth-order valence-corrected chi connectivity index (χ4v) is 4.99. The van der Waals surface area contributed by atoms with E-state index < -0.39 is 0 Å². The highest BCUT2D eigenvalue weighted by Gasteiger charge is 2.24. The number of hydrogen-bond acceptors (Lipinski definition) is 4. The topological polar surface area (TPSA) is 45.2 Å². The molecule has 21 heavy (non-hydrogen) atoms. The first-order valence-corrected chi connectivity index (χ1v) is 9.43. The zero-order valence-corrected chi connectivity index (χ0v) is 13.9. The summed E-state index contributed by atoms with van der Waals surface area (Å²) in [6.45, 7) is 3.19. The van der Waals surface area contributed by atoms with Gasteiger partial charge in [-0.15, -0.1) is 11.3 Å². The van der Waals surface area contributed by atoms with Crippen molar-refractivity contribution in [1.82, 2.24) is 10.3 Å². The molecule has 2 aliphatic carbocycles. The van der Waals surface area contributed by atoms with Gasteiger partial charge in [0.25, 0.3) is 0 Å². The van der Waals surface area contributed by atoms with Crippen LogP contribution in [0, 0.1) is 12.8 Å². The van der Waals surface area contributed by atoms with E-state index in [0.717, 1.165) is 19.4 Å². The molecule has 2 aliphatic rings. The summed E-state index contributed by atoms with van der Waals surface area (Å²) >= 11 is 1.87. The van der Waals surface area contributed by atoms with Gasteiger partial charge in [-0.05, 0) is 64.3 Å². The van der Waals surface area contributed by atoms with Crippen molar-refractivity contribution in [3.63, 3.8) is 0 Å². The monoisotopic (exact) mass is 308 g/mol. The Balaban J connectivity index is 1.43. The van der Waals surface area contributed by atoms with Crippen LogP contribution in [0.1, 0.15) is 73.0 Å². The number of nitrogens with zero attached hydrogens (tertiary/aromatic N) is 1. The Bertz CT molecular complexity index is 460. The molecule has 1 aromatic rings. The largest absolute Gasteiger partial charge is 0.393 e. The number of aliphatic hydroxyl groups is 1. The molecule has 3 nitrogen and oxygen atoms in total. The molecule has 4 heteroatoms. The molecule has 1 fully saturated rings. The van der Waals surface area contributed by atoms with Crippen LogP contribution < -0.4 is 5.32 Å². The average molecular weight is 308 g/mol. The van der Waals surface area contributed by atoms with Crippen molar-refractivity contribution in [2.45, 2.75) is 76.9 Å². The second-order valence-corrected chi connectivity index (χ2v) is 7.93. The van der Waals surface area contributed by atoms with Crippen molar-refractivity contribution in [3.05, 3.63) is 15.6 Å². The predicted molar refractivity (Wildman–Crippen MR) is 87.7 cm³/mol. The van der Waals surface area contributed by atoms with Gasteiger partial charge in [0.05, 0.1) is 16.8 Å². The highest BCUT2D eigenvalue weighted by Crippen LogP contribution is 2.34. The second-order valence-electron chi connectivity index (χ2n) is 6.70. The van der Waals surface area contributed by atoms with E-state index in [0.29, 0.717) is 12.0 Å². The third kappa shape index (κ3) is 3.85. The lowest BCUT2D eigenvalue weighted by atomic mass is 9.83. The molecule has 0 radical (unpaired) electrons. The fraction of sp³-hybridized carbons (Fsp3) is 0.824. The summed E-state index contributed by atoms with van der Waals surface area (Å²) in [5, 5.41) is 15.0. The molecule has 0 aliphatic heterocycles. The molecule has 118 valence electrons. The molecule has 0 bridgehead atoms. The minimum atomic E-state index is -0.0378. The van der Waals surface area contributed by atoms with Crippen LogP contribution in [0.3, 0.4) is 0 Å². The quantitative estimate of drug-likeness (QED) is 0.814. The van der Waals surface area contributed by atoms with Gasteiger partial charge in [0, 0.05) is 10.9 Å². The minimum absolute atomic E-state index is 0.0378. The second kappa shape index (κ2) is 7.21. The lowest BCUT2D eigenvalue weighted by molar-refractivity contribution is 0.0642. The van der Waals surface area contributed by atoms with E-state index in [1.807, 2.05) is 11.3 Å². The van der Waals surface area contributed by atoms with Gasteiger partial charge >= 0.3 is 0 Å². The SMILES string of the molecule is Cc1nc2c(s1)C(NCCCC1CCCCC1O)CCC2. The summed E-state index contributed by atoms with van der Waals surface area (Å²) in [4.78, 5) is 6.14. The van der Waals surface area contributed by atoms with Crippen LogP contribution in [-0.4, -0.2) is 22.7 Å². The van der Waals surface area contributed by atoms with Crippen molar-refractivity contribution in [1.29, 1.82) is 0 Å². The van der Waals surface area contributed by atoms with Crippen LogP contribution in [0.2, 0.25) is 0 Å². The summed E-state index contributed by atoms with van der Waals surface area (Å²) in [6, 6.07) is 0.524. The van der Waals surface area contributed by atoms with Crippen LogP contribution in [0.4, 0.5) is 0 Å². The highest BCUT2D eigenvalue weighted by atomic mass is 32.1. The molecule has 0 aromatic carbocycles. The van der Waals surface area contributed by atoms with Gasteiger partial charge < -0.3 is 10.4 Å². The molecular formula is C17H28N2OS. The summed E-state index contributed by atoms with van der Waals surface area (Å²) in [5.74, 6) is 0.549. The zero-order chi connectivity index (χ0) is 14.7. The first-order valence-electron chi connectivity index (χ1n) is 8.61. The Morgan fingerprint density at radius 3 is 2.95 bits per heavy atom. The molecule has 3 atom stereocenters. The Morgan fingerprint density at radius 2 is 2.10 bits per heavy atom. The number of rotatable bonds is 5. The summed E-state index contributed by atoms with van der Waals surface area (Å²) < 4.78 is 0. The van der Waals surface area contributed by atoms with Crippen LogP contribution in [0.5, 0.6) is 0 Å². The van der Waals surface area contributed by atoms with Gasteiger partial charge in [-0.2, -0.15) is 0 Å². The van der Waals surface area contributed by atoms with Gasteiger partial charge in [0.15, 0.2) is 0 Å². The number of aryl methyl sites for hydroxylation is 2. The van der Waals surface area contributed by atoms with Crippen LogP contribution in [-0.2, 0) is 6.42 Å². The smallest absolute Gasteiger partial charge is 0.0900 e. The van der Waals surface area contributed by atoms with E-state index in [4.69, 9.17) is 0 Å². The van der Waals surface area contributed by atoms with Crippen molar-refractivity contribution < 1.29 is 5.11 Å². The van der Waals surface area contributed by atoms with Crippen molar-refractivity contribution in [3.8, 4) is 0 Å². The Kier molecular flexibility index (Phi) is 5.30. The molecule has 0 saturated heterocycles. The maximum absolute atomic E-state index is 10.0. The van der Waals surface area contributed by atoms with Crippen LogP contribution in [0.15, 0.2) is 0 Å². The van der Waals surface area contributed by atoms with Gasteiger partial charge in [0.2, 0.25) is 0 Å². The lowest BCUT2D eigenvalue weighted by Crippen LogP contribution is -2.28. The highest BCUT2D eigenvalue weighted by molar-refractivity contribution is 7.11. The van der Waals surface area contributed by atoms with E-state index in [-0.39, 0.29) is 6.10 Å². The molecule has 1 saturated carbocycles. The maximum Gasteiger partial charge on any atom is 0.0900 e. The first-order chi connectivity index (χ1) is 10.2. The average Bonchev–Trinajstić information content (AvgIpc) is 2.86. The lowest BCUT2D eigenvalue weighted by Gasteiger charge is -2.28. The normalized spacial score (nSPS) is 29.3. The third-order valence-corrected chi connectivity index (χ3v) is 6.20. The van der Waals surface area contributed by atoms with E-state index in [1.54, 1.807) is 0 Å². The Morgan fingerprint density at radius 1 is 1.24 bits per heavy atom. The molecular weight excluding hydrogens is 280 g/mol. The molecule has 1 heterocycles. The van der Waals surface area contributed by atoms with E-state index in [2.05, 4.69) is 17.2 Å². The number of thiazole rings is 1. The summed E-state index contributed by atoms with van der Waals surface area (Å²) in [6.07, 6.45) is 10.8. The fourth-order valence-electron chi connectivity index (χ4n) is 3.90. The first kappa shape index (κ1) is 15.4. The molecule has 0 spiro atoms. The number of fused-ring (bicyclic) bond motifs is 1. The van der Waals surface area contributed by atoms with Crippen LogP contribution >= 0.6 is 11.3 Å². The van der Waals surface area contributed by atoms with Crippen molar-refractivity contribution in [2.75, 3.05) is 6.54 Å². The number of nitrogens with one attached hydrogen (secondary N) is 1. The predicted octanol–water partition coefficient (Wildman–Crippen LogP) is 3.75. The number of aliphatic hydroxyl groups excluding tert-OH is 1. The minimum Gasteiger partial charge on any atom is -0.393 e. The molecule has 3 rings (SSSR count). The standard InChI is InChI=1S/C17H28N2OS/c1-12-19-15-9-4-8-14(17(15)21-12)18-11-5-7-13-6-2-3-10-16(13)20/h13-14,16,18,20H,2-11H2,1H3. The third-order valence-electron chi connectivity index (χ3n) is 5.07.